The summed E-state index contributed by atoms with van der Waals surface area (Å²) >= 11 is 0. The molecular weight excluding hydrogens is 342 g/mol. The van der Waals surface area contributed by atoms with E-state index in [1.807, 2.05) is 12.1 Å². The predicted molar refractivity (Wildman–Crippen MR) is 94.3 cm³/mol. The van der Waals surface area contributed by atoms with Gasteiger partial charge in [-0.1, -0.05) is 0 Å². The highest BCUT2D eigenvalue weighted by atomic mass is 32.2. The number of piperidine rings is 1. The summed E-state index contributed by atoms with van der Waals surface area (Å²) in [7, 11) is -1.79. The molecule has 0 spiro atoms. The predicted octanol–water partition coefficient (Wildman–Crippen LogP) is 0.832. The molecule has 0 saturated carbocycles. The first-order valence-corrected chi connectivity index (χ1v) is 10.3. The molecule has 25 heavy (non-hydrogen) atoms. The van der Waals surface area contributed by atoms with Crippen molar-refractivity contribution in [2.24, 2.45) is 11.8 Å². The standard InChI is InChI=1S/C17H27N3O4S/c1-23-11-15-4-8-20(9-5-15)25(21,22)19-17-13-24-12-16(17)10-14-2-6-18-7-3-14/h2-3,6-7,15-17,19H,4-5,8-13H2,1H3/t16-,17-/m1/s1. The Kier molecular flexibility index (Phi) is 6.40. The SMILES string of the molecule is COCC1CCN(S(=O)(=O)N[C@@H]2COC[C@H]2Cc2ccncc2)CC1. The van der Waals surface area contributed by atoms with Crippen molar-refractivity contribution in [2.75, 3.05) is 40.0 Å². The van der Waals surface area contributed by atoms with Crippen LogP contribution >= 0.6 is 0 Å². The summed E-state index contributed by atoms with van der Waals surface area (Å²) < 4.78 is 40.6. The lowest BCUT2D eigenvalue weighted by Crippen LogP contribution is -2.50. The van der Waals surface area contributed by atoms with Gasteiger partial charge in [0.25, 0.3) is 10.2 Å². The summed E-state index contributed by atoms with van der Waals surface area (Å²) in [4.78, 5) is 4.02. The second-order valence-electron chi connectivity index (χ2n) is 6.88. The third kappa shape index (κ3) is 4.98. The molecule has 0 amide bonds. The first-order chi connectivity index (χ1) is 12.1. The number of nitrogens with zero attached hydrogens (tertiary/aromatic N) is 2. The Hall–Kier alpha value is -1.06. The minimum Gasteiger partial charge on any atom is -0.384 e. The van der Waals surface area contributed by atoms with Crippen LogP contribution in [0.2, 0.25) is 0 Å². The van der Waals surface area contributed by atoms with E-state index in [0.717, 1.165) is 24.8 Å². The van der Waals surface area contributed by atoms with Crippen molar-refractivity contribution < 1.29 is 17.9 Å². The van der Waals surface area contributed by atoms with Crippen molar-refractivity contribution in [3.05, 3.63) is 30.1 Å². The number of hydrogen-bond donors (Lipinski definition) is 1. The summed E-state index contributed by atoms with van der Waals surface area (Å²) in [6.07, 6.45) is 5.99. The Labute approximate surface area is 149 Å². The van der Waals surface area contributed by atoms with E-state index in [4.69, 9.17) is 9.47 Å². The summed E-state index contributed by atoms with van der Waals surface area (Å²) in [6.45, 7) is 2.80. The molecule has 1 aromatic heterocycles. The third-order valence-electron chi connectivity index (χ3n) is 5.06. The zero-order valence-electron chi connectivity index (χ0n) is 14.6. The zero-order valence-corrected chi connectivity index (χ0v) is 15.5. The fourth-order valence-corrected chi connectivity index (χ4v) is 5.05. The molecule has 0 unspecified atom stereocenters. The van der Waals surface area contributed by atoms with Crippen molar-refractivity contribution in [3.63, 3.8) is 0 Å². The number of aromatic nitrogens is 1. The van der Waals surface area contributed by atoms with Gasteiger partial charge in [0, 0.05) is 45.1 Å². The van der Waals surface area contributed by atoms with E-state index in [1.54, 1.807) is 23.8 Å². The monoisotopic (exact) mass is 369 g/mol. The number of rotatable bonds is 7. The Bertz CT molecular complexity index is 633. The molecule has 140 valence electrons. The maximum Gasteiger partial charge on any atom is 0.279 e. The molecule has 0 aromatic carbocycles. The summed E-state index contributed by atoms with van der Waals surface area (Å²) in [5.41, 5.74) is 1.15. The van der Waals surface area contributed by atoms with Crippen LogP contribution in [-0.4, -0.2) is 63.8 Å². The Balaban J connectivity index is 1.56. The topological polar surface area (TPSA) is 80.8 Å². The molecule has 7 nitrogen and oxygen atoms in total. The van der Waals surface area contributed by atoms with E-state index < -0.39 is 10.2 Å². The van der Waals surface area contributed by atoms with Gasteiger partial charge in [-0.3, -0.25) is 4.98 Å². The Morgan fingerprint density at radius 1 is 1.28 bits per heavy atom. The Morgan fingerprint density at radius 3 is 2.68 bits per heavy atom. The third-order valence-corrected chi connectivity index (χ3v) is 6.71. The largest absolute Gasteiger partial charge is 0.384 e. The van der Waals surface area contributed by atoms with E-state index >= 15 is 0 Å². The molecule has 2 aliphatic heterocycles. The lowest BCUT2D eigenvalue weighted by Gasteiger charge is -2.32. The Morgan fingerprint density at radius 2 is 2.00 bits per heavy atom. The van der Waals surface area contributed by atoms with E-state index in [-0.39, 0.29) is 12.0 Å². The molecular formula is C17H27N3O4S. The highest BCUT2D eigenvalue weighted by Gasteiger charge is 2.35. The smallest absolute Gasteiger partial charge is 0.279 e. The molecule has 8 heteroatoms. The molecule has 2 saturated heterocycles. The number of methoxy groups -OCH3 is 1. The lowest BCUT2D eigenvalue weighted by atomic mass is 9.96. The first-order valence-electron chi connectivity index (χ1n) is 8.81. The van der Waals surface area contributed by atoms with Gasteiger partial charge in [0.1, 0.15) is 0 Å². The number of ether oxygens (including phenoxy) is 2. The molecule has 1 aromatic rings. The highest BCUT2D eigenvalue weighted by Crippen LogP contribution is 2.23. The van der Waals surface area contributed by atoms with Crippen LogP contribution in [0.5, 0.6) is 0 Å². The van der Waals surface area contributed by atoms with Crippen molar-refractivity contribution >= 4 is 10.2 Å². The average Bonchev–Trinajstić information content (AvgIpc) is 3.03. The highest BCUT2D eigenvalue weighted by molar-refractivity contribution is 7.87. The van der Waals surface area contributed by atoms with Gasteiger partial charge in [-0.05, 0) is 42.9 Å². The fraction of sp³-hybridized carbons (Fsp3) is 0.706. The van der Waals surface area contributed by atoms with Crippen molar-refractivity contribution in [3.8, 4) is 0 Å². The summed E-state index contributed by atoms with van der Waals surface area (Å²) in [5, 5.41) is 0. The zero-order chi connectivity index (χ0) is 17.7. The summed E-state index contributed by atoms with van der Waals surface area (Å²) in [5.74, 6) is 0.592. The molecule has 2 fully saturated rings. The van der Waals surface area contributed by atoms with Crippen LogP contribution in [0.15, 0.2) is 24.5 Å². The minimum absolute atomic E-state index is 0.142. The molecule has 1 N–H and O–H groups in total. The van der Waals surface area contributed by atoms with Crippen molar-refractivity contribution in [2.45, 2.75) is 25.3 Å². The van der Waals surface area contributed by atoms with Crippen LogP contribution in [0, 0.1) is 11.8 Å². The second-order valence-corrected chi connectivity index (χ2v) is 8.59. The number of pyridine rings is 1. The second kappa shape index (κ2) is 8.55. The maximum atomic E-state index is 12.7. The molecule has 3 heterocycles. The van der Waals surface area contributed by atoms with Crippen LogP contribution in [0.25, 0.3) is 0 Å². The molecule has 0 aliphatic carbocycles. The van der Waals surface area contributed by atoms with Gasteiger partial charge in [-0.2, -0.15) is 17.4 Å². The molecule has 3 rings (SSSR count). The molecule has 0 bridgehead atoms. The van der Waals surface area contributed by atoms with E-state index in [1.165, 1.54) is 0 Å². The number of hydrogen-bond acceptors (Lipinski definition) is 5. The lowest BCUT2D eigenvalue weighted by molar-refractivity contribution is 0.121. The van der Waals surface area contributed by atoms with Gasteiger partial charge in [-0.25, -0.2) is 0 Å². The van der Waals surface area contributed by atoms with Gasteiger partial charge >= 0.3 is 0 Å². The maximum absolute atomic E-state index is 12.7. The van der Waals surface area contributed by atoms with Crippen LogP contribution in [-0.2, 0) is 26.1 Å². The molecule has 2 aliphatic rings. The quantitative estimate of drug-likeness (QED) is 0.770. The van der Waals surface area contributed by atoms with Crippen LogP contribution in [0.4, 0.5) is 0 Å². The van der Waals surface area contributed by atoms with Crippen LogP contribution < -0.4 is 4.72 Å². The first kappa shape index (κ1) is 18.7. The van der Waals surface area contributed by atoms with Crippen molar-refractivity contribution in [1.29, 1.82) is 0 Å². The summed E-state index contributed by atoms with van der Waals surface area (Å²) in [6, 6.07) is 3.74. The average molecular weight is 369 g/mol. The van der Waals surface area contributed by atoms with Gasteiger partial charge in [-0.15, -0.1) is 0 Å². The van der Waals surface area contributed by atoms with Crippen LogP contribution in [0.3, 0.4) is 0 Å². The van der Waals surface area contributed by atoms with Crippen LogP contribution in [0.1, 0.15) is 18.4 Å². The minimum atomic E-state index is -3.48. The van der Waals surface area contributed by atoms with E-state index in [9.17, 15) is 8.42 Å². The molecule has 0 radical (unpaired) electrons. The van der Waals surface area contributed by atoms with Crippen molar-refractivity contribution in [1.82, 2.24) is 14.0 Å². The van der Waals surface area contributed by atoms with Gasteiger partial charge < -0.3 is 9.47 Å². The van der Waals surface area contributed by atoms with Gasteiger partial charge in [0.05, 0.1) is 19.3 Å². The van der Waals surface area contributed by atoms with Gasteiger partial charge in [0.2, 0.25) is 0 Å². The van der Waals surface area contributed by atoms with Gasteiger partial charge in [0.15, 0.2) is 0 Å². The normalized spacial score (nSPS) is 26.1. The number of nitrogens with one attached hydrogen (secondary N) is 1. The van der Waals surface area contributed by atoms with E-state index in [0.29, 0.717) is 38.8 Å². The molecule has 2 atom stereocenters. The van der Waals surface area contributed by atoms with E-state index in [2.05, 4.69) is 9.71 Å². The fourth-order valence-electron chi connectivity index (χ4n) is 3.57.